The van der Waals surface area contributed by atoms with Crippen LogP contribution in [0.4, 0.5) is 5.69 Å². The van der Waals surface area contributed by atoms with Crippen molar-refractivity contribution in [3.8, 4) is 23.1 Å². The smallest absolute Gasteiger partial charge is 0.187 e. The fourth-order valence-electron chi connectivity index (χ4n) is 1.88. The Morgan fingerprint density at radius 1 is 1.10 bits per heavy atom. The molecule has 96 valence electrons. The molecule has 20 heavy (non-hydrogen) atoms. The number of benzene rings is 2. The molecule has 0 bridgehead atoms. The number of hydrogen-bond acceptors (Lipinski definition) is 5. The third-order valence-corrected chi connectivity index (χ3v) is 2.86. The van der Waals surface area contributed by atoms with E-state index in [1.165, 1.54) is 0 Å². The maximum absolute atomic E-state index is 8.95. The second kappa shape index (κ2) is 4.82. The van der Waals surface area contributed by atoms with Gasteiger partial charge >= 0.3 is 0 Å². The molecule has 3 rings (SSSR count). The van der Waals surface area contributed by atoms with E-state index in [1.54, 1.807) is 35.0 Å². The summed E-state index contributed by atoms with van der Waals surface area (Å²) < 4.78 is 1.59. The van der Waals surface area contributed by atoms with Crippen molar-refractivity contribution >= 4 is 5.69 Å². The molecular formula is C14H10N6. The number of tetrazole rings is 1. The normalized spacial score (nSPS) is 10.2. The van der Waals surface area contributed by atoms with Crippen LogP contribution in [0, 0.1) is 11.3 Å². The van der Waals surface area contributed by atoms with Crippen LogP contribution in [0.3, 0.4) is 0 Å². The Labute approximate surface area is 115 Å². The zero-order chi connectivity index (χ0) is 13.9. The lowest BCUT2D eigenvalue weighted by atomic mass is 10.2. The Balaban J connectivity index is 2.10. The first-order valence-corrected chi connectivity index (χ1v) is 5.93. The molecule has 0 aliphatic carbocycles. The van der Waals surface area contributed by atoms with Crippen molar-refractivity contribution in [3.63, 3.8) is 0 Å². The Morgan fingerprint density at radius 2 is 1.90 bits per heavy atom. The minimum atomic E-state index is 0.557. The Morgan fingerprint density at radius 3 is 2.65 bits per heavy atom. The molecule has 2 aromatic carbocycles. The fourth-order valence-corrected chi connectivity index (χ4v) is 1.88. The summed E-state index contributed by atoms with van der Waals surface area (Å²) in [5, 5.41) is 20.7. The van der Waals surface area contributed by atoms with Crippen LogP contribution in [0.15, 0.2) is 48.5 Å². The number of nitrogens with zero attached hydrogens (tertiary/aromatic N) is 5. The van der Waals surface area contributed by atoms with Gasteiger partial charge in [-0.05, 0) is 52.9 Å². The summed E-state index contributed by atoms with van der Waals surface area (Å²) in [5.74, 6) is 0.597. The van der Waals surface area contributed by atoms with Crippen LogP contribution < -0.4 is 5.73 Å². The van der Waals surface area contributed by atoms with Gasteiger partial charge in [-0.25, -0.2) is 0 Å². The van der Waals surface area contributed by atoms with Gasteiger partial charge in [-0.3, -0.25) is 0 Å². The molecule has 0 aliphatic rings. The van der Waals surface area contributed by atoms with Crippen LogP contribution in [0.25, 0.3) is 17.1 Å². The molecule has 0 fully saturated rings. The Hall–Kier alpha value is -3.20. The Bertz CT molecular complexity index is 782. The van der Waals surface area contributed by atoms with Crippen LogP contribution >= 0.6 is 0 Å². The standard InChI is InChI=1S/C14H10N6/c15-9-10-2-1-3-13(8-10)20-14(17-18-19-20)11-4-6-12(16)7-5-11/h1-8H,16H2. The van der Waals surface area contributed by atoms with Crippen molar-refractivity contribution in [2.24, 2.45) is 0 Å². The lowest BCUT2D eigenvalue weighted by molar-refractivity contribution is 0.791. The first kappa shape index (κ1) is 11.9. The lowest BCUT2D eigenvalue weighted by Gasteiger charge is -2.05. The average molecular weight is 262 g/mol. The maximum atomic E-state index is 8.95. The quantitative estimate of drug-likeness (QED) is 0.710. The summed E-state index contributed by atoms with van der Waals surface area (Å²) in [7, 11) is 0. The third-order valence-electron chi connectivity index (χ3n) is 2.86. The van der Waals surface area contributed by atoms with E-state index in [4.69, 9.17) is 11.0 Å². The molecule has 0 spiro atoms. The van der Waals surface area contributed by atoms with Crippen LogP contribution in [-0.2, 0) is 0 Å². The fraction of sp³-hybridized carbons (Fsp3) is 0. The first-order valence-electron chi connectivity index (χ1n) is 5.93. The van der Waals surface area contributed by atoms with Gasteiger partial charge in [-0.2, -0.15) is 9.94 Å². The summed E-state index contributed by atoms with van der Waals surface area (Å²) >= 11 is 0. The summed E-state index contributed by atoms with van der Waals surface area (Å²) in [6.45, 7) is 0. The predicted molar refractivity (Wildman–Crippen MR) is 73.7 cm³/mol. The molecule has 6 heteroatoms. The number of anilines is 1. The molecule has 0 aliphatic heterocycles. The van der Waals surface area contributed by atoms with E-state index in [-0.39, 0.29) is 0 Å². The number of aromatic nitrogens is 4. The van der Waals surface area contributed by atoms with E-state index < -0.39 is 0 Å². The number of rotatable bonds is 2. The van der Waals surface area contributed by atoms with Gasteiger partial charge in [0.1, 0.15) is 0 Å². The van der Waals surface area contributed by atoms with E-state index in [9.17, 15) is 0 Å². The van der Waals surface area contributed by atoms with E-state index in [0.717, 1.165) is 11.3 Å². The van der Waals surface area contributed by atoms with Gasteiger partial charge in [-0.1, -0.05) is 6.07 Å². The van der Waals surface area contributed by atoms with Gasteiger partial charge in [0.25, 0.3) is 0 Å². The topological polar surface area (TPSA) is 93.4 Å². The molecule has 0 saturated carbocycles. The molecule has 0 unspecified atom stereocenters. The highest BCUT2D eigenvalue weighted by molar-refractivity contribution is 5.60. The van der Waals surface area contributed by atoms with E-state index in [1.807, 2.05) is 18.2 Å². The summed E-state index contributed by atoms with van der Waals surface area (Å²) in [5.41, 5.74) is 8.50. The second-order valence-corrected chi connectivity index (χ2v) is 4.20. The van der Waals surface area contributed by atoms with Gasteiger partial charge in [0.05, 0.1) is 17.3 Å². The maximum Gasteiger partial charge on any atom is 0.187 e. The van der Waals surface area contributed by atoms with Crippen molar-refractivity contribution in [1.29, 1.82) is 5.26 Å². The van der Waals surface area contributed by atoms with Crippen molar-refractivity contribution in [1.82, 2.24) is 20.2 Å². The highest BCUT2D eigenvalue weighted by Gasteiger charge is 2.10. The number of nitrogen functional groups attached to an aromatic ring is 1. The molecule has 1 aromatic heterocycles. The lowest BCUT2D eigenvalue weighted by Crippen LogP contribution is -2.00. The average Bonchev–Trinajstić information content (AvgIpc) is 2.97. The van der Waals surface area contributed by atoms with Gasteiger partial charge < -0.3 is 5.73 Å². The first-order chi connectivity index (χ1) is 9.78. The molecule has 2 N–H and O–H groups in total. The van der Waals surface area contributed by atoms with Gasteiger partial charge in [0.15, 0.2) is 5.82 Å². The molecule has 3 aromatic rings. The Kier molecular flexibility index (Phi) is 2.86. The zero-order valence-corrected chi connectivity index (χ0v) is 10.4. The summed E-state index contributed by atoms with van der Waals surface area (Å²) in [4.78, 5) is 0. The zero-order valence-electron chi connectivity index (χ0n) is 10.4. The molecule has 6 nitrogen and oxygen atoms in total. The number of nitriles is 1. The third kappa shape index (κ3) is 2.08. The summed E-state index contributed by atoms with van der Waals surface area (Å²) in [6, 6.07) is 16.5. The van der Waals surface area contributed by atoms with Gasteiger partial charge in [0, 0.05) is 11.3 Å². The second-order valence-electron chi connectivity index (χ2n) is 4.20. The molecule has 0 radical (unpaired) electrons. The molecule has 1 heterocycles. The largest absolute Gasteiger partial charge is 0.399 e. The van der Waals surface area contributed by atoms with Gasteiger partial charge in [0.2, 0.25) is 0 Å². The molecule has 0 saturated heterocycles. The van der Waals surface area contributed by atoms with Crippen molar-refractivity contribution in [2.75, 3.05) is 5.73 Å². The minimum absolute atomic E-state index is 0.557. The van der Waals surface area contributed by atoms with E-state index in [2.05, 4.69) is 21.6 Å². The number of hydrogen-bond donors (Lipinski definition) is 1. The summed E-state index contributed by atoms with van der Waals surface area (Å²) in [6.07, 6.45) is 0. The SMILES string of the molecule is N#Cc1cccc(-n2nnnc2-c2ccc(N)cc2)c1. The van der Waals surface area contributed by atoms with E-state index >= 15 is 0 Å². The molecule has 0 atom stereocenters. The molecular weight excluding hydrogens is 252 g/mol. The minimum Gasteiger partial charge on any atom is -0.399 e. The van der Waals surface area contributed by atoms with Crippen molar-refractivity contribution in [2.45, 2.75) is 0 Å². The molecule has 0 amide bonds. The van der Waals surface area contributed by atoms with Crippen LogP contribution in [0.1, 0.15) is 5.56 Å². The van der Waals surface area contributed by atoms with Crippen LogP contribution in [0.5, 0.6) is 0 Å². The van der Waals surface area contributed by atoms with Gasteiger partial charge in [-0.15, -0.1) is 5.10 Å². The van der Waals surface area contributed by atoms with Crippen LogP contribution in [0.2, 0.25) is 0 Å². The highest BCUT2D eigenvalue weighted by Crippen LogP contribution is 2.20. The van der Waals surface area contributed by atoms with Crippen molar-refractivity contribution in [3.05, 3.63) is 54.1 Å². The van der Waals surface area contributed by atoms with E-state index in [0.29, 0.717) is 17.1 Å². The highest BCUT2D eigenvalue weighted by atomic mass is 15.5. The number of nitrogens with two attached hydrogens (primary N) is 1. The predicted octanol–water partition coefficient (Wildman–Crippen LogP) is 1.78. The van der Waals surface area contributed by atoms with Crippen LogP contribution in [-0.4, -0.2) is 20.2 Å². The van der Waals surface area contributed by atoms with Crippen molar-refractivity contribution < 1.29 is 0 Å². The monoisotopic (exact) mass is 262 g/mol.